The number of para-hydroxylation sites is 2. The highest BCUT2D eigenvalue weighted by Gasteiger charge is 2.18. The summed E-state index contributed by atoms with van der Waals surface area (Å²) >= 11 is 0. The van der Waals surface area contributed by atoms with Gasteiger partial charge in [-0.25, -0.2) is 5.43 Å². The van der Waals surface area contributed by atoms with Gasteiger partial charge >= 0.3 is 0 Å². The molecule has 0 aliphatic heterocycles. The van der Waals surface area contributed by atoms with Crippen molar-refractivity contribution in [2.75, 3.05) is 4.90 Å². The smallest absolute Gasteiger partial charge is 0.240 e. The monoisotopic (exact) mass is 477 g/mol. The van der Waals surface area contributed by atoms with E-state index in [9.17, 15) is 9.59 Å². The molecule has 0 saturated carbocycles. The standard InChI is InChI=1S/C30H27N3O3/c34-29(19-20-30(35)33(26-14-6-2-7-15-26)27-16-8-3-9-17-27)32-31-22-25-13-10-18-28(21-25)36-23-24-11-4-1-5-12-24/h1-18,21-22H,19-20,23H2,(H,32,34)/b31-22-. The second-order valence-corrected chi connectivity index (χ2v) is 8.04. The molecule has 0 aliphatic carbocycles. The Balaban J connectivity index is 1.29. The summed E-state index contributed by atoms with van der Waals surface area (Å²) in [6, 6.07) is 36.1. The molecule has 4 aromatic carbocycles. The SMILES string of the molecule is O=C(CCC(=O)N(c1ccccc1)c1ccccc1)N/N=C\c1cccc(OCc2ccccc2)c1. The third kappa shape index (κ3) is 7.14. The highest BCUT2D eigenvalue weighted by molar-refractivity contribution is 6.01. The fourth-order valence-electron chi connectivity index (χ4n) is 3.58. The number of anilines is 2. The van der Waals surface area contributed by atoms with Gasteiger partial charge < -0.3 is 4.74 Å². The Morgan fingerprint density at radius 2 is 1.36 bits per heavy atom. The molecular formula is C30H27N3O3. The Labute approximate surface area is 210 Å². The molecule has 0 saturated heterocycles. The maximum absolute atomic E-state index is 13.0. The van der Waals surface area contributed by atoms with Gasteiger partial charge in [0.2, 0.25) is 11.8 Å². The van der Waals surface area contributed by atoms with Crippen LogP contribution in [0.1, 0.15) is 24.0 Å². The third-order valence-electron chi connectivity index (χ3n) is 5.35. The van der Waals surface area contributed by atoms with Gasteiger partial charge in [0.15, 0.2) is 0 Å². The molecule has 180 valence electrons. The lowest BCUT2D eigenvalue weighted by Crippen LogP contribution is -2.27. The third-order valence-corrected chi connectivity index (χ3v) is 5.35. The van der Waals surface area contributed by atoms with Crippen molar-refractivity contribution in [3.63, 3.8) is 0 Å². The predicted molar refractivity (Wildman–Crippen MR) is 142 cm³/mol. The number of hydrogen-bond acceptors (Lipinski definition) is 4. The van der Waals surface area contributed by atoms with E-state index in [1.54, 1.807) is 11.1 Å². The maximum atomic E-state index is 13.0. The van der Waals surface area contributed by atoms with Crippen molar-refractivity contribution >= 4 is 29.4 Å². The second-order valence-electron chi connectivity index (χ2n) is 8.04. The quantitative estimate of drug-likeness (QED) is 0.230. The van der Waals surface area contributed by atoms with Crippen molar-refractivity contribution in [1.82, 2.24) is 5.43 Å². The van der Waals surface area contributed by atoms with Crippen LogP contribution in [0.2, 0.25) is 0 Å². The zero-order valence-electron chi connectivity index (χ0n) is 19.8. The van der Waals surface area contributed by atoms with Crippen LogP contribution in [0.3, 0.4) is 0 Å². The Bertz CT molecular complexity index is 1250. The number of hydrazone groups is 1. The van der Waals surface area contributed by atoms with Crippen LogP contribution in [0.4, 0.5) is 11.4 Å². The van der Waals surface area contributed by atoms with Crippen molar-refractivity contribution in [3.05, 3.63) is 126 Å². The lowest BCUT2D eigenvalue weighted by molar-refractivity contribution is -0.124. The molecule has 0 aromatic heterocycles. The van der Waals surface area contributed by atoms with Crippen LogP contribution in [0.5, 0.6) is 5.75 Å². The summed E-state index contributed by atoms with van der Waals surface area (Å²) in [7, 11) is 0. The molecule has 6 nitrogen and oxygen atoms in total. The number of carbonyl (C=O) groups excluding carboxylic acids is 2. The number of nitrogens with zero attached hydrogens (tertiary/aromatic N) is 2. The van der Waals surface area contributed by atoms with Crippen LogP contribution in [0.15, 0.2) is 120 Å². The number of carbonyl (C=O) groups is 2. The fraction of sp³-hybridized carbons (Fsp3) is 0.100. The first-order valence-corrected chi connectivity index (χ1v) is 11.7. The lowest BCUT2D eigenvalue weighted by atomic mass is 10.2. The fourth-order valence-corrected chi connectivity index (χ4v) is 3.58. The van der Waals surface area contributed by atoms with Crippen molar-refractivity contribution in [3.8, 4) is 5.75 Å². The van der Waals surface area contributed by atoms with Crippen LogP contribution >= 0.6 is 0 Å². The van der Waals surface area contributed by atoms with Gasteiger partial charge in [0.05, 0.1) is 6.21 Å². The van der Waals surface area contributed by atoms with Crippen molar-refractivity contribution < 1.29 is 14.3 Å². The molecule has 0 fully saturated rings. The molecule has 0 heterocycles. The van der Waals surface area contributed by atoms with E-state index < -0.39 is 0 Å². The zero-order valence-corrected chi connectivity index (χ0v) is 19.8. The van der Waals surface area contributed by atoms with E-state index in [0.717, 1.165) is 22.5 Å². The van der Waals surface area contributed by atoms with E-state index >= 15 is 0 Å². The topological polar surface area (TPSA) is 71.0 Å². The average Bonchev–Trinajstić information content (AvgIpc) is 2.93. The minimum absolute atomic E-state index is 0.0204. The molecule has 2 amide bonds. The van der Waals surface area contributed by atoms with Gasteiger partial charge in [-0.2, -0.15) is 5.10 Å². The van der Waals surface area contributed by atoms with Gasteiger partial charge in [0.25, 0.3) is 0 Å². The molecule has 0 bridgehead atoms. The molecule has 0 aliphatic rings. The molecule has 1 N–H and O–H groups in total. The Morgan fingerprint density at radius 3 is 2.00 bits per heavy atom. The molecule has 0 atom stereocenters. The normalized spacial score (nSPS) is 10.7. The number of rotatable bonds is 10. The van der Waals surface area contributed by atoms with Crippen LogP contribution in [-0.2, 0) is 16.2 Å². The number of nitrogens with one attached hydrogen (secondary N) is 1. The summed E-state index contributed by atoms with van der Waals surface area (Å²) in [6.07, 6.45) is 1.62. The highest BCUT2D eigenvalue weighted by atomic mass is 16.5. The summed E-state index contributed by atoms with van der Waals surface area (Å²) in [4.78, 5) is 27.0. The van der Waals surface area contributed by atoms with Crippen LogP contribution < -0.4 is 15.1 Å². The van der Waals surface area contributed by atoms with E-state index in [-0.39, 0.29) is 24.7 Å². The zero-order chi connectivity index (χ0) is 25.0. The maximum Gasteiger partial charge on any atom is 0.240 e. The summed E-state index contributed by atoms with van der Waals surface area (Å²) in [5, 5.41) is 4.04. The van der Waals surface area contributed by atoms with Crippen molar-refractivity contribution in [2.24, 2.45) is 5.10 Å². The first-order valence-electron chi connectivity index (χ1n) is 11.7. The summed E-state index contributed by atoms with van der Waals surface area (Å²) in [5.41, 5.74) is 5.87. The molecule has 4 aromatic rings. The van der Waals surface area contributed by atoms with Gasteiger partial charge in [-0.1, -0.05) is 78.9 Å². The van der Waals surface area contributed by atoms with Gasteiger partial charge in [0, 0.05) is 24.2 Å². The van der Waals surface area contributed by atoms with Gasteiger partial charge in [0.1, 0.15) is 12.4 Å². The molecule has 4 rings (SSSR count). The second kappa shape index (κ2) is 12.7. The molecule has 6 heteroatoms. The van der Waals surface area contributed by atoms with E-state index in [0.29, 0.717) is 12.4 Å². The van der Waals surface area contributed by atoms with Crippen LogP contribution in [0, 0.1) is 0 Å². The predicted octanol–water partition coefficient (Wildman–Crippen LogP) is 5.86. The largest absolute Gasteiger partial charge is 0.489 e. The number of amides is 2. The summed E-state index contributed by atoms with van der Waals surface area (Å²) in [6.45, 7) is 0.467. The van der Waals surface area contributed by atoms with Gasteiger partial charge in [-0.15, -0.1) is 0 Å². The molecule has 0 spiro atoms. The number of benzene rings is 4. The Hall–Kier alpha value is -4.71. The lowest BCUT2D eigenvalue weighted by Gasteiger charge is -2.23. The molecule has 36 heavy (non-hydrogen) atoms. The van der Waals surface area contributed by atoms with Crippen molar-refractivity contribution in [2.45, 2.75) is 19.4 Å². The molecular weight excluding hydrogens is 450 g/mol. The Kier molecular flexibility index (Phi) is 8.59. The summed E-state index contributed by atoms with van der Waals surface area (Å²) in [5.74, 6) is 0.202. The van der Waals surface area contributed by atoms with E-state index in [1.165, 1.54) is 0 Å². The van der Waals surface area contributed by atoms with E-state index in [4.69, 9.17) is 4.74 Å². The van der Waals surface area contributed by atoms with Crippen molar-refractivity contribution in [1.29, 1.82) is 0 Å². The number of ether oxygens (including phenoxy) is 1. The average molecular weight is 478 g/mol. The summed E-state index contributed by atoms with van der Waals surface area (Å²) < 4.78 is 5.83. The van der Waals surface area contributed by atoms with Crippen LogP contribution in [-0.4, -0.2) is 18.0 Å². The van der Waals surface area contributed by atoms with E-state index in [2.05, 4.69) is 10.5 Å². The first kappa shape index (κ1) is 24.4. The molecule has 0 unspecified atom stereocenters. The van der Waals surface area contributed by atoms with E-state index in [1.807, 2.05) is 115 Å². The minimum Gasteiger partial charge on any atom is -0.489 e. The Morgan fingerprint density at radius 1 is 0.750 bits per heavy atom. The molecule has 0 radical (unpaired) electrons. The highest BCUT2D eigenvalue weighted by Crippen LogP contribution is 2.26. The minimum atomic E-state index is -0.336. The van der Waals surface area contributed by atoms with Gasteiger partial charge in [-0.05, 0) is 47.5 Å². The number of hydrogen-bond donors (Lipinski definition) is 1. The first-order chi connectivity index (χ1) is 17.7. The van der Waals surface area contributed by atoms with Gasteiger partial charge in [-0.3, -0.25) is 14.5 Å². The van der Waals surface area contributed by atoms with Crippen LogP contribution in [0.25, 0.3) is 0 Å².